The van der Waals surface area contributed by atoms with Crippen LogP contribution in [0.25, 0.3) is 0 Å². The van der Waals surface area contributed by atoms with Crippen molar-refractivity contribution in [2.45, 2.75) is 20.3 Å². The molecule has 1 unspecified atom stereocenters. The zero-order valence-corrected chi connectivity index (χ0v) is 16.9. The van der Waals surface area contributed by atoms with E-state index in [0.29, 0.717) is 24.5 Å². The van der Waals surface area contributed by atoms with Crippen LogP contribution in [0.2, 0.25) is 0 Å². The summed E-state index contributed by atoms with van der Waals surface area (Å²) in [5.41, 5.74) is 3.15. The number of quaternary nitrogens is 1. The van der Waals surface area contributed by atoms with Crippen LogP contribution in [-0.4, -0.2) is 45.1 Å². The van der Waals surface area contributed by atoms with Crippen LogP contribution in [-0.2, 0) is 16.0 Å². The van der Waals surface area contributed by atoms with Crippen molar-refractivity contribution in [3.63, 3.8) is 0 Å². The summed E-state index contributed by atoms with van der Waals surface area (Å²) in [6.07, 6.45) is 0.802. The molecule has 6 heteroatoms. The smallest absolute Gasteiger partial charge is 0.279 e. The summed E-state index contributed by atoms with van der Waals surface area (Å²) in [6.45, 7) is 5.83. The van der Waals surface area contributed by atoms with Crippen LogP contribution in [0.1, 0.15) is 18.1 Å². The molecule has 0 aromatic heterocycles. The van der Waals surface area contributed by atoms with Crippen LogP contribution < -0.4 is 20.3 Å². The third kappa shape index (κ3) is 7.04. The molecule has 150 valence electrons. The Morgan fingerprint density at radius 2 is 1.79 bits per heavy atom. The van der Waals surface area contributed by atoms with Gasteiger partial charge in [-0.15, -0.1) is 0 Å². The van der Waals surface area contributed by atoms with Crippen LogP contribution in [0.5, 0.6) is 5.75 Å². The minimum absolute atomic E-state index is 0.0420. The minimum Gasteiger partial charge on any atom is -0.497 e. The molecule has 1 atom stereocenters. The number of benzene rings is 2. The average Bonchev–Trinajstić information content (AvgIpc) is 2.69. The highest BCUT2D eigenvalue weighted by atomic mass is 16.5. The van der Waals surface area contributed by atoms with E-state index in [1.54, 1.807) is 13.2 Å². The second kappa shape index (κ2) is 11.1. The van der Waals surface area contributed by atoms with Crippen LogP contribution in [0.3, 0.4) is 0 Å². The Labute approximate surface area is 166 Å². The Morgan fingerprint density at radius 3 is 2.50 bits per heavy atom. The van der Waals surface area contributed by atoms with E-state index in [-0.39, 0.29) is 24.9 Å². The molecule has 2 aromatic carbocycles. The molecule has 2 rings (SSSR count). The molecular weight excluding hydrogens is 354 g/mol. The van der Waals surface area contributed by atoms with Gasteiger partial charge in [-0.3, -0.25) is 9.59 Å². The van der Waals surface area contributed by atoms with Gasteiger partial charge in [0.2, 0.25) is 0 Å². The van der Waals surface area contributed by atoms with E-state index in [4.69, 9.17) is 4.74 Å². The van der Waals surface area contributed by atoms with Crippen LogP contribution in [0.15, 0.2) is 48.5 Å². The van der Waals surface area contributed by atoms with Gasteiger partial charge in [-0.25, -0.2) is 0 Å². The van der Waals surface area contributed by atoms with Crippen molar-refractivity contribution < 1.29 is 19.2 Å². The Balaban J connectivity index is 1.76. The van der Waals surface area contributed by atoms with Gasteiger partial charge in [-0.05, 0) is 43.5 Å². The molecule has 0 aliphatic carbocycles. The second-order valence-corrected chi connectivity index (χ2v) is 6.76. The Morgan fingerprint density at radius 1 is 1.04 bits per heavy atom. The van der Waals surface area contributed by atoms with Crippen molar-refractivity contribution in [1.29, 1.82) is 0 Å². The molecule has 0 saturated carbocycles. The Kier molecular flexibility index (Phi) is 8.49. The van der Waals surface area contributed by atoms with Crippen molar-refractivity contribution in [3.8, 4) is 5.75 Å². The number of amides is 2. The summed E-state index contributed by atoms with van der Waals surface area (Å²) in [6, 6.07) is 15.4. The highest BCUT2D eigenvalue weighted by molar-refractivity contribution is 5.91. The Hall–Kier alpha value is -2.86. The molecule has 0 saturated heterocycles. The number of rotatable bonds is 10. The van der Waals surface area contributed by atoms with Gasteiger partial charge in [0.25, 0.3) is 11.8 Å². The fraction of sp³-hybridized carbons (Fsp3) is 0.364. The van der Waals surface area contributed by atoms with Crippen molar-refractivity contribution in [3.05, 3.63) is 59.7 Å². The lowest BCUT2D eigenvalue weighted by Gasteiger charge is -2.17. The van der Waals surface area contributed by atoms with E-state index in [1.807, 2.05) is 37.3 Å². The number of nitrogens with one attached hydrogen (secondary N) is 3. The number of ether oxygens (including phenoxy) is 1. The number of hydrogen-bond acceptors (Lipinski definition) is 3. The van der Waals surface area contributed by atoms with Crippen molar-refractivity contribution in [2.24, 2.45) is 0 Å². The van der Waals surface area contributed by atoms with Gasteiger partial charge < -0.3 is 20.3 Å². The van der Waals surface area contributed by atoms with Gasteiger partial charge in [-0.2, -0.15) is 0 Å². The maximum atomic E-state index is 12.3. The van der Waals surface area contributed by atoms with E-state index in [0.717, 1.165) is 11.3 Å². The number of carbonyl (C=O) groups is 2. The van der Waals surface area contributed by atoms with Crippen molar-refractivity contribution >= 4 is 17.5 Å². The fourth-order valence-electron chi connectivity index (χ4n) is 2.96. The van der Waals surface area contributed by atoms with Crippen molar-refractivity contribution in [1.82, 2.24) is 5.32 Å². The van der Waals surface area contributed by atoms with Crippen molar-refractivity contribution in [2.75, 3.05) is 38.6 Å². The molecule has 2 aromatic rings. The monoisotopic (exact) mass is 384 g/mol. The summed E-state index contributed by atoms with van der Waals surface area (Å²) in [7, 11) is 1.58. The number of carbonyl (C=O) groups excluding carboxylic acids is 2. The van der Waals surface area contributed by atoms with Gasteiger partial charge in [-0.1, -0.05) is 30.3 Å². The third-order valence-electron chi connectivity index (χ3n) is 4.65. The first kappa shape index (κ1) is 21.4. The number of likely N-dealkylation sites (N-methyl/N-ethyl adjacent to an activating group) is 1. The molecule has 2 amide bonds. The molecule has 28 heavy (non-hydrogen) atoms. The summed E-state index contributed by atoms with van der Waals surface area (Å²) in [5, 5.41) is 5.81. The summed E-state index contributed by atoms with van der Waals surface area (Å²) >= 11 is 0. The minimum atomic E-state index is -0.127. The van der Waals surface area contributed by atoms with E-state index in [2.05, 4.69) is 29.7 Å². The second-order valence-electron chi connectivity index (χ2n) is 6.76. The lowest BCUT2D eigenvalue weighted by atomic mass is 10.1. The summed E-state index contributed by atoms with van der Waals surface area (Å²) < 4.78 is 5.16. The molecule has 3 N–H and O–H groups in total. The number of methoxy groups -OCH3 is 1. The molecule has 6 nitrogen and oxygen atoms in total. The van der Waals surface area contributed by atoms with E-state index in [1.165, 1.54) is 11.1 Å². The third-order valence-corrected chi connectivity index (χ3v) is 4.65. The van der Waals surface area contributed by atoms with Gasteiger partial charge >= 0.3 is 0 Å². The maximum absolute atomic E-state index is 12.3. The van der Waals surface area contributed by atoms with Gasteiger partial charge in [0.1, 0.15) is 5.75 Å². The largest absolute Gasteiger partial charge is 0.497 e. The molecule has 0 aliphatic heterocycles. The molecule has 0 bridgehead atoms. The highest BCUT2D eigenvalue weighted by Gasteiger charge is 2.16. The highest BCUT2D eigenvalue weighted by Crippen LogP contribution is 2.16. The fourth-order valence-corrected chi connectivity index (χ4v) is 2.96. The van der Waals surface area contributed by atoms with Crippen LogP contribution in [0, 0.1) is 6.92 Å². The van der Waals surface area contributed by atoms with E-state index in [9.17, 15) is 9.59 Å². The number of anilines is 1. The maximum Gasteiger partial charge on any atom is 0.279 e. The number of hydrogen-bond donors (Lipinski definition) is 3. The molecule has 0 heterocycles. The zero-order chi connectivity index (χ0) is 20.4. The predicted molar refractivity (Wildman–Crippen MR) is 111 cm³/mol. The van der Waals surface area contributed by atoms with Gasteiger partial charge in [0.15, 0.2) is 13.1 Å². The quantitative estimate of drug-likeness (QED) is 0.577. The first-order valence-electron chi connectivity index (χ1n) is 9.60. The lowest BCUT2D eigenvalue weighted by Crippen LogP contribution is -3.14. The Bertz CT molecular complexity index is 792. The average molecular weight is 385 g/mol. The zero-order valence-electron chi connectivity index (χ0n) is 16.9. The lowest BCUT2D eigenvalue weighted by molar-refractivity contribution is -0.881. The number of aryl methyl sites for hydroxylation is 1. The first-order valence-corrected chi connectivity index (χ1v) is 9.60. The van der Waals surface area contributed by atoms with Gasteiger partial charge in [0, 0.05) is 18.3 Å². The van der Waals surface area contributed by atoms with Gasteiger partial charge in [0.05, 0.1) is 13.7 Å². The normalized spacial score (nSPS) is 11.5. The molecule has 0 aliphatic rings. The van der Waals surface area contributed by atoms with E-state index >= 15 is 0 Å². The van der Waals surface area contributed by atoms with Crippen LogP contribution in [0.4, 0.5) is 5.69 Å². The standard InChI is InChI=1S/C22H29N3O3/c1-4-25(16-22(27)24-19-10-7-11-20(14-19)28-3)15-21(26)23-13-12-18-9-6-5-8-17(18)2/h5-11,14H,4,12-13,15-16H2,1-3H3,(H,23,26)(H,24,27)/p+1. The van der Waals surface area contributed by atoms with Crippen LogP contribution >= 0.6 is 0 Å². The SMILES string of the molecule is CC[NH+](CC(=O)NCCc1ccccc1C)CC(=O)Nc1cccc(OC)c1. The molecule has 0 spiro atoms. The topological polar surface area (TPSA) is 71.9 Å². The molecule has 0 fully saturated rings. The molecular formula is C22H30N3O3+. The summed E-state index contributed by atoms with van der Waals surface area (Å²) in [5.74, 6) is 0.517. The summed E-state index contributed by atoms with van der Waals surface area (Å²) in [4.78, 5) is 25.4. The molecule has 0 radical (unpaired) electrons. The predicted octanol–water partition coefficient (Wildman–Crippen LogP) is 1.21. The first-order chi connectivity index (χ1) is 13.5. The van der Waals surface area contributed by atoms with E-state index < -0.39 is 0 Å².